The van der Waals surface area contributed by atoms with Crippen LogP contribution in [0.25, 0.3) is 0 Å². The van der Waals surface area contributed by atoms with Gasteiger partial charge in [-0.1, -0.05) is 19.3 Å². The van der Waals surface area contributed by atoms with Crippen molar-refractivity contribution >= 4 is 5.97 Å². The van der Waals surface area contributed by atoms with Crippen molar-refractivity contribution in [3.63, 3.8) is 0 Å². The predicted molar refractivity (Wildman–Crippen MR) is 57.5 cm³/mol. The molecular formula is C11H21NO3. The highest BCUT2D eigenvalue weighted by Gasteiger charge is 2.31. The Labute approximate surface area is 91.0 Å². The number of hydrogen-bond acceptors (Lipinski definition) is 4. The van der Waals surface area contributed by atoms with Gasteiger partial charge in [0, 0.05) is 12.6 Å². The van der Waals surface area contributed by atoms with E-state index in [1.54, 1.807) is 0 Å². The molecule has 15 heavy (non-hydrogen) atoms. The van der Waals surface area contributed by atoms with Crippen molar-refractivity contribution in [2.45, 2.75) is 50.7 Å². The van der Waals surface area contributed by atoms with Crippen molar-refractivity contribution in [2.75, 3.05) is 13.7 Å². The fourth-order valence-corrected chi connectivity index (χ4v) is 1.94. The summed E-state index contributed by atoms with van der Waals surface area (Å²) in [6.07, 6.45) is 6.04. The molecule has 0 aromatic heterocycles. The monoisotopic (exact) mass is 215 g/mol. The number of esters is 1. The average Bonchev–Trinajstić information content (AvgIpc) is 2.27. The molecule has 0 amide bonds. The Morgan fingerprint density at radius 1 is 1.47 bits per heavy atom. The normalized spacial score (nSPS) is 22.1. The van der Waals surface area contributed by atoms with E-state index >= 15 is 0 Å². The molecule has 0 spiro atoms. The number of nitrogens with one attached hydrogen (secondary N) is 1. The lowest BCUT2D eigenvalue weighted by atomic mass is 9.95. The van der Waals surface area contributed by atoms with Crippen LogP contribution in [0.5, 0.6) is 0 Å². The third-order valence-electron chi connectivity index (χ3n) is 2.97. The molecule has 0 radical (unpaired) electrons. The molecule has 0 aliphatic heterocycles. The maximum Gasteiger partial charge on any atom is 0.338 e. The largest absolute Gasteiger partial charge is 0.467 e. The Morgan fingerprint density at radius 3 is 2.60 bits per heavy atom. The van der Waals surface area contributed by atoms with Gasteiger partial charge in [-0.2, -0.15) is 0 Å². The molecule has 0 bridgehead atoms. The average molecular weight is 215 g/mol. The Balaban J connectivity index is 2.31. The molecule has 1 fully saturated rings. The molecule has 1 aliphatic rings. The summed E-state index contributed by atoms with van der Waals surface area (Å²) in [7, 11) is 1.29. The maximum atomic E-state index is 11.2. The van der Waals surface area contributed by atoms with E-state index in [-0.39, 0.29) is 6.54 Å². The maximum absolute atomic E-state index is 11.2. The molecule has 4 nitrogen and oxygen atoms in total. The van der Waals surface area contributed by atoms with Crippen LogP contribution in [0.4, 0.5) is 0 Å². The van der Waals surface area contributed by atoms with Crippen LogP contribution in [0, 0.1) is 0 Å². The number of aliphatic hydroxyl groups is 1. The van der Waals surface area contributed by atoms with Gasteiger partial charge in [0.05, 0.1) is 7.11 Å². The standard InChI is InChI=1S/C11H21NO3/c1-11(14,10(13)15-2)8-12-9-6-4-3-5-7-9/h9,12,14H,3-8H2,1-2H3. The molecule has 4 heteroatoms. The highest BCUT2D eigenvalue weighted by molar-refractivity contribution is 5.78. The molecule has 88 valence electrons. The SMILES string of the molecule is COC(=O)C(C)(O)CNC1CCCCC1. The van der Waals surface area contributed by atoms with Crippen molar-refractivity contribution in [2.24, 2.45) is 0 Å². The van der Waals surface area contributed by atoms with Gasteiger partial charge >= 0.3 is 5.97 Å². The first kappa shape index (κ1) is 12.5. The third kappa shape index (κ3) is 3.80. The minimum atomic E-state index is -1.41. The number of carbonyl (C=O) groups excluding carboxylic acids is 1. The van der Waals surface area contributed by atoms with E-state index < -0.39 is 11.6 Å². The quantitative estimate of drug-likeness (QED) is 0.682. The highest BCUT2D eigenvalue weighted by atomic mass is 16.5. The molecule has 0 heterocycles. The predicted octanol–water partition coefficient (Wildman–Crippen LogP) is 0.833. The molecule has 0 aromatic rings. The lowest BCUT2D eigenvalue weighted by Gasteiger charge is -2.27. The molecule has 1 unspecified atom stereocenters. The van der Waals surface area contributed by atoms with Gasteiger partial charge in [-0.05, 0) is 19.8 Å². The van der Waals surface area contributed by atoms with Crippen molar-refractivity contribution in [3.05, 3.63) is 0 Å². The first-order chi connectivity index (χ1) is 7.06. The summed E-state index contributed by atoms with van der Waals surface area (Å²) in [5.74, 6) is -0.578. The van der Waals surface area contributed by atoms with Crippen LogP contribution in [0.2, 0.25) is 0 Å². The van der Waals surface area contributed by atoms with Crippen molar-refractivity contribution in [3.8, 4) is 0 Å². The highest BCUT2D eigenvalue weighted by Crippen LogP contribution is 2.18. The van der Waals surface area contributed by atoms with Crippen LogP contribution >= 0.6 is 0 Å². The summed E-state index contributed by atoms with van der Waals surface area (Å²) in [6.45, 7) is 1.75. The van der Waals surface area contributed by atoms with Gasteiger partial charge in [-0.15, -0.1) is 0 Å². The van der Waals surface area contributed by atoms with E-state index in [1.165, 1.54) is 33.3 Å². The van der Waals surface area contributed by atoms with E-state index in [2.05, 4.69) is 10.1 Å². The summed E-state index contributed by atoms with van der Waals surface area (Å²) >= 11 is 0. The van der Waals surface area contributed by atoms with Crippen LogP contribution < -0.4 is 5.32 Å². The molecule has 1 rings (SSSR count). The second kappa shape index (κ2) is 5.47. The van der Waals surface area contributed by atoms with E-state index in [9.17, 15) is 9.90 Å². The fourth-order valence-electron chi connectivity index (χ4n) is 1.94. The third-order valence-corrected chi connectivity index (χ3v) is 2.97. The van der Waals surface area contributed by atoms with Crippen LogP contribution in [-0.4, -0.2) is 36.4 Å². The zero-order valence-corrected chi connectivity index (χ0v) is 9.58. The topological polar surface area (TPSA) is 58.6 Å². The van der Waals surface area contributed by atoms with Crippen molar-refractivity contribution in [1.82, 2.24) is 5.32 Å². The van der Waals surface area contributed by atoms with Crippen LogP contribution in [-0.2, 0) is 9.53 Å². The first-order valence-corrected chi connectivity index (χ1v) is 5.60. The molecule has 1 atom stereocenters. The molecule has 0 aromatic carbocycles. The Morgan fingerprint density at radius 2 is 2.07 bits per heavy atom. The van der Waals surface area contributed by atoms with Gasteiger partial charge in [0.15, 0.2) is 5.60 Å². The smallest absolute Gasteiger partial charge is 0.338 e. The van der Waals surface area contributed by atoms with E-state index in [0.29, 0.717) is 6.04 Å². The lowest BCUT2D eigenvalue weighted by molar-refractivity contribution is -0.160. The van der Waals surface area contributed by atoms with Crippen molar-refractivity contribution in [1.29, 1.82) is 0 Å². The Kier molecular flexibility index (Phi) is 4.54. The first-order valence-electron chi connectivity index (χ1n) is 5.60. The summed E-state index contributed by atoms with van der Waals surface area (Å²) < 4.78 is 4.53. The van der Waals surface area contributed by atoms with Gasteiger partial charge in [0.25, 0.3) is 0 Å². The molecule has 2 N–H and O–H groups in total. The summed E-state index contributed by atoms with van der Waals surface area (Å²) in [5.41, 5.74) is -1.41. The van der Waals surface area contributed by atoms with Crippen LogP contribution in [0.3, 0.4) is 0 Å². The zero-order valence-electron chi connectivity index (χ0n) is 9.58. The minimum absolute atomic E-state index is 0.268. The Bertz CT molecular complexity index is 210. The van der Waals surface area contributed by atoms with Crippen LogP contribution in [0.1, 0.15) is 39.0 Å². The molecular weight excluding hydrogens is 194 g/mol. The number of hydrogen-bond donors (Lipinski definition) is 2. The second-order valence-electron chi connectivity index (χ2n) is 4.48. The van der Waals surface area contributed by atoms with Crippen LogP contribution in [0.15, 0.2) is 0 Å². The van der Waals surface area contributed by atoms with Gasteiger partial charge in [-0.3, -0.25) is 0 Å². The van der Waals surface area contributed by atoms with Gasteiger partial charge in [0.2, 0.25) is 0 Å². The van der Waals surface area contributed by atoms with Gasteiger partial charge in [0.1, 0.15) is 0 Å². The number of methoxy groups -OCH3 is 1. The Hall–Kier alpha value is -0.610. The molecule has 0 saturated heterocycles. The number of carbonyl (C=O) groups is 1. The van der Waals surface area contributed by atoms with E-state index in [4.69, 9.17) is 0 Å². The summed E-state index contributed by atoms with van der Waals surface area (Å²) in [5, 5.41) is 13.0. The van der Waals surface area contributed by atoms with E-state index in [1.807, 2.05) is 0 Å². The summed E-state index contributed by atoms with van der Waals surface area (Å²) in [6, 6.07) is 0.440. The molecule has 1 aliphatic carbocycles. The van der Waals surface area contributed by atoms with Gasteiger partial charge < -0.3 is 15.2 Å². The summed E-state index contributed by atoms with van der Waals surface area (Å²) in [4.78, 5) is 11.2. The van der Waals surface area contributed by atoms with Gasteiger partial charge in [-0.25, -0.2) is 4.79 Å². The van der Waals surface area contributed by atoms with Crippen molar-refractivity contribution < 1.29 is 14.6 Å². The lowest BCUT2D eigenvalue weighted by Crippen LogP contribution is -2.48. The second-order valence-corrected chi connectivity index (χ2v) is 4.48. The number of ether oxygens (including phenoxy) is 1. The van der Waals surface area contributed by atoms with E-state index in [0.717, 1.165) is 12.8 Å². The zero-order chi connectivity index (χ0) is 11.3. The number of rotatable bonds is 4. The molecule has 1 saturated carbocycles. The minimum Gasteiger partial charge on any atom is -0.467 e. The fraction of sp³-hybridized carbons (Fsp3) is 0.909.